The zero-order chi connectivity index (χ0) is 12.5. The van der Waals surface area contributed by atoms with Crippen molar-refractivity contribution in [2.75, 3.05) is 7.11 Å². The maximum Gasteiger partial charge on any atom is 0.341 e. The van der Waals surface area contributed by atoms with E-state index in [4.69, 9.17) is 0 Å². The quantitative estimate of drug-likeness (QED) is 0.477. The molecular formula is C9H7BrFNO4. The Morgan fingerprint density at radius 1 is 1.62 bits per heavy atom. The molecule has 0 heterocycles. The highest BCUT2D eigenvalue weighted by Crippen LogP contribution is 2.30. The molecule has 0 N–H and O–H groups in total. The van der Waals surface area contributed by atoms with Crippen molar-refractivity contribution in [3.8, 4) is 0 Å². The normalized spacial score (nSPS) is 10.0. The molecule has 0 saturated heterocycles. The lowest BCUT2D eigenvalue weighted by Crippen LogP contribution is -2.09. The summed E-state index contributed by atoms with van der Waals surface area (Å²) in [5, 5.41) is 10.7. The summed E-state index contributed by atoms with van der Waals surface area (Å²) in [4.78, 5) is 21.2. The Kier molecular flexibility index (Phi) is 3.58. The number of esters is 1. The number of hydrogen-bond donors (Lipinski definition) is 0. The van der Waals surface area contributed by atoms with Crippen LogP contribution in [0.2, 0.25) is 0 Å². The van der Waals surface area contributed by atoms with Crippen LogP contribution in [0.3, 0.4) is 0 Å². The number of carbonyl (C=O) groups is 1. The highest BCUT2D eigenvalue weighted by atomic mass is 79.9. The van der Waals surface area contributed by atoms with Gasteiger partial charge >= 0.3 is 5.97 Å². The molecule has 0 aliphatic heterocycles. The lowest BCUT2D eigenvalue weighted by Gasteiger charge is -2.07. The first-order valence-corrected chi connectivity index (χ1v) is 4.90. The number of rotatable bonds is 2. The van der Waals surface area contributed by atoms with Gasteiger partial charge in [-0.2, -0.15) is 0 Å². The summed E-state index contributed by atoms with van der Waals surface area (Å²) in [6.45, 7) is 1.29. The second-order valence-electron chi connectivity index (χ2n) is 2.94. The largest absolute Gasteiger partial charge is 0.465 e. The number of halogens is 2. The van der Waals surface area contributed by atoms with Gasteiger partial charge in [-0.1, -0.05) is 0 Å². The van der Waals surface area contributed by atoms with Gasteiger partial charge in [0.2, 0.25) is 0 Å². The number of nitro benzene ring substituents is 1. The molecule has 0 aliphatic carbocycles. The van der Waals surface area contributed by atoms with E-state index in [0.29, 0.717) is 0 Å². The predicted octanol–water partition coefficient (Wildman–Crippen LogP) is 2.59. The van der Waals surface area contributed by atoms with Crippen LogP contribution in [0.15, 0.2) is 10.5 Å². The molecule has 86 valence electrons. The zero-order valence-corrected chi connectivity index (χ0v) is 10.00. The molecule has 7 heteroatoms. The van der Waals surface area contributed by atoms with Crippen LogP contribution in [0.5, 0.6) is 0 Å². The van der Waals surface area contributed by atoms with Gasteiger partial charge in [-0.3, -0.25) is 10.1 Å². The predicted molar refractivity (Wildman–Crippen MR) is 56.8 cm³/mol. The van der Waals surface area contributed by atoms with Crippen LogP contribution >= 0.6 is 15.9 Å². The van der Waals surface area contributed by atoms with Gasteiger partial charge in [-0.15, -0.1) is 0 Å². The van der Waals surface area contributed by atoms with Crippen molar-refractivity contribution in [3.05, 3.63) is 37.6 Å². The number of methoxy groups -OCH3 is 1. The SMILES string of the molecule is COC(=O)c1c(C)c([N+](=O)[O-])cc(Br)c1F. The van der Waals surface area contributed by atoms with E-state index in [0.717, 1.165) is 13.2 Å². The van der Waals surface area contributed by atoms with Crippen molar-refractivity contribution in [2.45, 2.75) is 6.92 Å². The molecule has 0 unspecified atom stereocenters. The van der Waals surface area contributed by atoms with E-state index in [1.807, 2.05) is 0 Å². The molecular weight excluding hydrogens is 285 g/mol. The Hall–Kier alpha value is -1.50. The molecule has 1 aromatic rings. The molecule has 0 fully saturated rings. The molecule has 0 saturated carbocycles. The van der Waals surface area contributed by atoms with E-state index in [1.54, 1.807) is 0 Å². The minimum Gasteiger partial charge on any atom is -0.465 e. The van der Waals surface area contributed by atoms with Crippen LogP contribution in [0, 0.1) is 22.9 Å². The minimum atomic E-state index is -0.945. The fraction of sp³-hybridized carbons (Fsp3) is 0.222. The van der Waals surface area contributed by atoms with Gasteiger partial charge in [0.1, 0.15) is 5.56 Å². The van der Waals surface area contributed by atoms with Gasteiger partial charge in [0, 0.05) is 11.6 Å². The molecule has 16 heavy (non-hydrogen) atoms. The van der Waals surface area contributed by atoms with Crippen molar-refractivity contribution in [3.63, 3.8) is 0 Å². The van der Waals surface area contributed by atoms with Crippen LogP contribution < -0.4 is 0 Å². The summed E-state index contributed by atoms with van der Waals surface area (Å²) in [7, 11) is 1.08. The molecule has 0 bridgehead atoms. The van der Waals surface area contributed by atoms with E-state index in [9.17, 15) is 19.3 Å². The second kappa shape index (κ2) is 4.56. The summed E-state index contributed by atoms with van der Waals surface area (Å²) in [6.07, 6.45) is 0. The summed E-state index contributed by atoms with van der Waals surface area (Å²) >= 11 is 2.81. The first kappa shape index (κ1) is 12.6. The standard InChI is InChI=1S/C9H7BrFNO4/c1-4-6(12(14)15)3-5(10)8(11)7(4)9(13)16-2/h3H,1-2H3. The Balaban J connectivity index is 3.58. The van der Waals surface area contributed by atoms with Crippen molar-refractivity contribution in [1.29, 1.82) is 0 Å². The minimum absolute atomic E-state index is 0.0578. The first-order chi connectivity index (χ1) is 7.40. The maximum absolute atomic E-state index is 13.6. The van der Waals surface area contributed by atoms with E-state index < -0.39 is 22.3 Å². The van der Waals surface area contributed by atoms with Gasteiger partial charge in [0.15, 0.2) is 5.82 Å². The Morgan fingerprint density at radius 2 is 2.19 bits per heavy atom. The molecule has 0 atom stereocenters. The summed E-state index contributed by atoms with van der Waals surface area (Å²) in [5.74, 6) is -1.81. The summed E-state index contributed by atoms with van der Waals surface area (Å²) in [6, 6.07) is 1.01. The lowest BCUT2D eigenvalue weighted by molar-refractivity contribution is -0.385. The smallest absolute Gasteiger partial charge is 0.341 e. The molecule has 0 amide bonds. The van der Waals surface area contributed by atoms with E-state index in [1.165, 1.54) is 6.92 Å². The number of hydrogen-bond acceptors (Lipinski definition) is 4. The van der Waals surface area contributed by atoms with E-state index >= 15 is 0 Å². The number of nitro groups is 1. The van der Waals surface area contributed by atoms with E-state index in [2.05, 4.69) is 20.7 Å². The van der Waals surface area contributed by atoms with Crippen LogP contribution in [0.25, 0.3) is 0 Å². The van der Waals surface area contributed by atoms with Crippen LogP contribution in [-0.4, -0.2) is 18.0 Å². The Bertz CT molecular complexity index is 475. The Morgan fingerprint density at radius 3 is 2.62 bits per heavy atom. The third-order valence-electron chi connectivity index (χ3n) is 2.04. The maximum atomic E-state index is 13.6. The Labute approximate surface area is 98.5 Å². The number of benzene rings is 1. The van der Waals surface area contributed by atoms with Gasteiger partial charge in [-0.05, 0) is 22.9 Å². The van der Waals surface area contributed by atoms with Crippen LogP contribution in [0.4, 0.5) is 10.1 Å². The summed E-state index contributed by atoms with van der Waals surface area (Å²) < 4.78 is 17.8. The molecule has 1 rings (SSSR count). The van der Waals surface area contributed by atoms with Crippen molar-refractivity contribution in [2.24, 2.45) is 0 Å². The van der Waals surface area contributed by atoms with Gasteiger partial charge in [0.25, 0.3) is 5.69 Å². The molecule has 0 aromatic heterocycles. The van der Waals surface area contributed by atoms with Crippen molar-refractivity contribution < 1.29 is 18.8 Å². The fourth-order valence-electron chi connectivity index (χ4n) is 1.24. The number of ether oxygens (including phenoxy) is 1. The average Bonchev–Trinajstić information content (AvgIpc) is 2.22. The molecule has 0 aliphatic rings. The van der Waals surface area contributed by atoms with Gasteiger partial charge in [-0.25, -0.2) is 9.18 Å². The third-order valence-corrected chi connectivity index (χ3v) is 2.62. The molecule has 0 spiro atoms. The van der Waals surface area contributed by atoms with Gasteiger partial charge in [0.05, 0.1) is 16.5 Å². The highest BCUT2D eigenvalue weighted by molar-refractivity contribution is 9.10. The fourth-order valence-corrected chi connectivity index (χ4v) is 1.65. The molecule has 0 radical (unpaired) electrons. The van der Waals surface area contributed by atoms with Crippen LogP contribution in [0.1, 0.15) is 15.9 Å². The number of carbonyl (C=O) groups excluding carboxylic acids is 1. The van der Waals surface area contributed by atoms with Gasteiger partial charge < -0.3 is 4.74 Å². The summed E-state index contributed by atoms with van der Waals surface area (Å²) in [5.41, 5.74) is -0.824. The number of nitrogens with zero attached hydrogens (tertiary/aromatic N) is 1. The lowest BCUT2D eigenvalue weighted by atomic mass is 10.1. The highest BCUT2D eigenvalue weighted by Gasteiger charge is 2.25. The van der Waals surface area contributed by atoms with E-state index in [-0.39, 0.29) is 15.7 Å². The second-order valence-corrected chi connectivity index (χ2v) is 3.79. The molecule has 5 nitrogen and oxygen atoms in total. The first-order valence-electron chi connectivity index (χ1n) is 4.11. The topological polar surface area (TPSA) is 69.4 Å². The zero-order valence-electron chi connectivity index (χ0n) is 8.41. The molecule has 1 aromatic carbocycles. The average molecular weight is 292 g/mol. The monoisotopic (exact) mass is 291 g/mol. The van der Waals surface area contributed by atoms with Crippen molar-refractivity contribution in [1.82, 2.24) is 0 Å². The van der Waals surface area contributed by atoms with Crippen molar-refractivity contribution >= 4 is 27.6 Å². The van der Waals surface area contributed by atoms with Crippen LogP contribution in [-0.2, 0) is 4.74 Å². The third kappa shape index (κ3) is 2.04.